The lowest BCUT2D eigenvalue weighted by Gasteiger charge is -2.36. The quantitative estimate of drug-likeness (QED) is 0.865. The van der Waals surface area contributed by atoms with Crippen molar-refractivity contribution in [3.63, 3.8) is 0 Å². The van der Waals surface area contributed by atoms with Crippen LogP contribution in [0.5, 0.6) is 0 Å². The summed E-state index contributed by atoms with van der Waals surface area (Å²) in [6.45, 7) is 5.64. The molecule has 1 aliphatic heterocycles. The van der Waals surface area contributed by atoms with E-state index in [9.17, 15) is 4.79 Å². The Kier molecular flexibility index (Phi) is 4.50. The molecule has 0 radical (unpaired) electrons. The first-order valence-corrected chi connectivity index (χ1v) is 8.32. The van der Waals surface area contributed by atoms with Gasteiger partial charge < -0.3 is 4.90 Å². The molecule has 0 N–H and O–H groups in total. The lowest BCUT2D eigenvalue weighted by molar-refractivity contribution is -0.134. The van der Waals surface area contributed by atoms with Gasteiger partial charge in [0.15, 0.2) is 0 Å². The number of hydrogen-bond donors (Lipinski definition) is 0. The van der Waals surface area contributed by atoms with E-state index in [2.05, 4.69) is 15.1 Å². The average Bonchev–Trinajstić information content (AvgIpc) is 3.12. The summed E-state index contributed by atoms with van der Waals surface area (Å²) < 4.78 is 3.78. The van der Waals surface area contributed by atoms with Gasteiger partial charge in [-0.15, -0.1) is 0 Å². The minimum atomic E-state index is 0.209. The zero-order valence-electron chi connectivity index (χ0n) is 14.2. The summed E-state index contributed by atoms with van der Waals surface area (Å²) in [6, 6.07) is 2.17. The number of piperidine rings is 1. The van der Waals surface area contributed by atoms with Gasteiger partial charge in [0, 0.05) is 37.2 Å². The lowest BCUT2D eigenvalue weighted by Crippen LogP contribution is -2.46. The molecule has 0 unspecified atom stereocenters. The van der Waals surface area contributed by atoms with Crippen LogP contribution < -0.4 is 0 Å². The third kappa shape index (κ3) is 3.30. The lowest BCUT2D eigenvalue weighted by atomic mass is 10.0. The number of aromatic nitrogens is 4. The van der Waals surface area contributed by atoms with Gasteiger partial charge in [0.1, 0.15) is 0 Å². The maximum absolute atomic E-state index is 12.9. The first-order valence-electron chi connectivity index (χ1n) is 8.32. The first kappa shape index (κ1) is 15.8. The number of rotatable bonds is 4. The first-order chi connectivity index (χ1) is 11.1. The van der Waals surface area contributed by atoms with Crippen LogP contribution in [0.25, 0.3) is 0 Å². The summed E-state index contributed by atoms with van der Waals surface area (Å²) in [5.74, 6) is 0.209. The van der Waals surface area contributed by atoms with Crippen molar-refractivity contribution in [1.29, 1.82) is 0 Å². The summed E-state index contributed by atoms with van der Waals surface area (Å²) in [5.41, 5.74) is 3.11. The van der Waals surface area contributed by atoms with Crippen LogP contribution in [0.4, 0.5) is 0 Å². The predicted octanol–water partition coefficient (Wildman–Crippen LogP) is 1.86. The van der Waals surface area contributed by atoms with Gasteiger partial charge in [0.2, 0.25) is 5.91 Å². The fourth-order valence-corrected chi connectivity index (χ4v) is 3.47. The summed E-state index contributed by atoms with van der Waals surface area (Å²) in [6.07, 6.45) is 7.52. The van der Waals surface area contributed by atoms with E-state index in [4.69, 9.17) is 0 Å². The summed E-state index contributed by atoms with van der Waals surface area (Å²) in [4.78, 5) is 14.9. The standard InChI is InChI=1S/C17H25N5O/c1-13-16(14(2)20(3)19-13)11-17(23)22-10-5-4-7-15(22)12-21-9-6-8-18-21/h6,8-9,15H,4-5,7,10-12H2,1-3H3/t15-/m1/s1. The highest BCUT2D eigenvalue weighted by molar-refractivity contribution is 5.79. The van der Waals surface area contributed by atoms with E-state index in [-0.39, 0.29) is 11.9 Å². The molecular formula is C17H25N5O. The van der Waals surface area contributed by atoms with Crippen molar-refractivity contribution in [3.8, 4) is 0 Å². The van der Waals surface area contributed by atoms with E-state index in [0.717, 1.165) is 42.9 Å². The minimum absolute atomic E-state index is 0.209. The van der Waals surface area contributed by atoms with Gasteiger partial charge in [-0.1, -0.05) is 0 Å². The van der Waals surface area contributed by atoms with E-state index < -0.39 is 0 Å². The monoisotopic (exact) mass is 315 g/mol. The molecule has 3 rings (SSSR count). The van der Waals surface area contributed by atoms with E-state index in [1.807, 2.05) is 42.5 Å². The molecule has 1 atom stereocenters. The van der Waals surface area contributed by atoms with Gasteiger partial charge in [-0.05, 0) is 39.2 Å². The van der Waals surface area contributed by atoms with Crippen molar-refractivity contribution >= 4 is 5.91 Å². The molecule has 23 heavy (non-hydrogen) atoms. The van der Waals surface area contributed by atoms with Gasteiger partial charge in [-0.2, -0.15) is 10.2 Å². The number of nitrogens with zero attached hydrogens (tertiary/aromatic N) is 5. The molecule has 1 aliphatic rings. The molecule has 2 aromatic heterocycles. The van der Waals surface area contributed by atoms with Crippen molar-refractivity contribution < 1.29 is 4.79 Å². The Morgan fingerprint density at radius 1 is 1.35 bits per heavy atom. The number of likely N-dealkylation sites (tertiary alicyclic amines) is 1. The molecule has 6 heteroatoms. The predicted molar refractivity (Wildman–Crippen MR) is 88.0 cm³/mol. The Labute approximate surface area is 137 Å². The molecule has 124 valence electrons. The van der Waals surface area contributed by atoms with Crippen molar-refractivity contribution in [2.45, 2.75) is 52.1 Å². The molecule has 0 bridgehead atoms. The number of carbonyl (C=O) groups excluding carboxylic acids is 1. The largest absolute Gasteiger partial charge is 0.338 e. The van der Waals surface area contributed by atoms with Crippen molar-refractivity contribution in [2.75, 3.05) is 6.54 Å². The molecule has 0 spiro atoms. The van der Waals surface area contributed by atoms with Crippen LogP contribution in [-0.2, 0) is 24.8 Å². The molecule has 1 saturated heterocycles. The molecule has 0 saturated carbocycles. The Morgan fingerprint density at radius 2 is 2.17 bits per heavy atom. The Balaban J connectivity index is 1.73. The number of carbonyl (C=O) groups is 1. The second kappa shape index (κ2) is 6.56. The van der Waals surface area contributed by atoms with Crippen molar-refractivity contribution in [1.82, 2.24) is 24.5 Å². The van der Waals surface area contributed by atoms with Crippen molar-refractivity contribution in [2.24, 2.45) is 7.05 Å². The maximum atomic E-state index is 12.9. The maximum Gasteiger partial charge on any atom is 0.227 e. The van der Waals surface area contributed by atoms with Gasteiger partial charge in [0.25, 0.3) is 0 Å². The van der Waals surface area contributed by atoms with E-state index in [1.54, 1.807) is 6.20 Å². The van der Waals surface area contributed by atoms with Crippen molar-refractivity contribution in [3.05, 3.63) is 35.4 Å². The summed E-state index contributed by atoms with van der Waals surface area (Å²) >= 11 is 0. The molecule has 6 nitrogen and oxygen atoms in total. The Hall–Kier alpha value is -2.11. The van der Waals surface area contributed by atoms with Crippen LogP contribution in [0.2, 0.25) is 0 Å². The highest BCUT2D eigenvalue weighted by Gasteiger charge is 2.28. The fraction of sp³-hybridized carbons (Fsp3) is 0.588. The van der Waals surface area contributed by atoms with Crippen LogP contribution in [0, 0.1) is 13.8 Å². The molecule has 2 aromatic rings. The molecule has 0 aliphatic carbocycles. The SMILES string of the molecule is Cc1nn(C)c(C)c1CC(=O)N1CCCC[C@@H]1Cn1cccn1. The third-order valence-electron chi connectivity index (χ3n) is 4.89. The van der Waals surface area contributed by atoms with Gasteiger partial charge in [0.05, 0.1) is 24.7 Å². The Bertz CT molecular complexity index is 673. The van der Waals surface area contributed by atoms with Crippen LogP contribution in [0.15, 0.2) is 18.5 Å². The van der Waals surface area contributed by atoms with Crippen LogP contribution in [0.1, 0.15) is 36.2 Å². The van der Waals surface area contributed by atoms with Gasteiger partial charge in [-0.3, -0.25) is 14.2 Å². The zero-order chi connectivity index (χ0) is 16.4. The third-order valence-corrected chi connectivity index (χ3v) is 4.89. The van der Waals surface area contributed by atoms with E-state index >= 15 is 0 Å². The number of hydrogen-bond acceptors (Lipinski definition) is 3. The van der Waals surface area contributed by atoms with E-state index in [1.165, 1.54) is 6.42 Å². The molecule has 1 amide bonds. The van der Waals surface area contributed by atoms with Gasteiger partial charge in [-0.25, -0.2) is 0 Å². The zero-order valence-corrected chi connectivity index (χ0v) is 14.2. The average molecular weight is 315 g/mol. The second-order valence-corrected chi connectivity index (χ2v) is 6.41. The molecule has 0 aromatic carbocycles. The fourth-order valence-electron chi connectivity index (χ4n) is 3.47. The second-order valence-electron chi connectivity index (χ2n) is 6.41. The normalized spacial score (nSPS) is 18.4. The molecule has 3 heterocycles. The molecule has 1 fully saturated rings. The summed E-state index contributed by atoms with van der Waals surface area (Å²) in [5, 5.41) is 8.71. The summed E-state index contributed by atoms with van der Waals surface area (Å²) in [7, 11) is 1.93. The minimum Gasteiger partial charge on any atom is -0.338 e. The van der Waals surface area contributed by atoms with Gasteiger partial charge >= 0.3 is 0 Å². The van der Waals surface area contributed by atoms with Crippen LogP contribution in [-0.4, -0.2) is 43.0 Å². The number of aryl methyl sites for hydroxylation is 2. The highest BCUT2D eigenvalue weighted by atomic mass is 16.2. The Morgan fingerprint density at radius 3 is 2.83 bits per heavy atom. The smallest absolute Gasteiger partial charge is 0.227 e. The van der Waals surface area contributed by atoms with Crippen LogP contribution in [0.3, 0.4) is 0 Å². The van der Waals surface area contributed by atoms with Crippen LogP contribution >= 0.6 is 0 Å². The number of amides is 1. The highest BCUT2D eigenvalue weighted by Crippen LogP contribution is 2.21. The topological polar surface area (TPSA) is 56.0 Å². The molecular weight excluding hydrogens is 290 g/mol. The van der Waals surface area contributed by atoms with E-state index in [0.29, 0.717) is 6.42 Å².